The SMILES string of the molecule is Cc1c(F)cc(N)cc1S(=O)(=O)Nc1ccc(Cl)c(F)c1. The summed E-state index contributed by atoms with van der Waals surface area (Å²) < 4.78 is 53.5. The molecular formula is C13H11ClF2N2O2S. The zero-order valence-electron chi connectivity index (χ0n) is 10.8. The summed E-state index contributed by atoms with van der Waals surface area (Å²) in [5.74, 6) is -1.51. The molecule has 112 valence electrons. The molecule has 8 heteroatoms. The first-order chi connectivity index (χ1) is 9.70. The fourth-order valence-corrected chi connectivity index (χ4v) is 3.18. The minimum Gasteiger partial charge on any atom is -0.399 e. The number of hydrogen-bond donors (Lipinski definition) is 2. The Balaban J connectivity index is 2.45. The van der Waals surface area contributed by atoms with Crippen LogP contribution in [0, 0.1) is 18.6 Å². The van der Waals surface area contributed by atoms with Gasteiger partial charge in [0.05, 0.1) is 15.6 Å². The third kappa shape index (κ3) is 3.25. The summed E-state index contributed by atoms with van der Waals surface area (Å²) in [6, 6.07) is 5.59. The first-order valence-corrected chi connectivity index (χ1v) is 7.60. The number of hydrogen-bond acceptors (Lipinski definition) is 3. The molecule has 0 aromatic heterocycles. The van der Waals surface area contributed by atoms with Crippen molar-refractivity contribution in [3.63, 3.8) is 0 Å². The number of sulfonamides is 1. The van der Waals surface area contributed by atoms with Gasteiger partial charge in [0.1, 0.15) is 11.6 Å². The van der Waals surface area contributed by atoms with Crippen LogP contribution in [-0.2, 0) is 10.0 Å². The Morgan fingerprint density at radius 1 is 1.14 bits per heavy atom. The molecule has 4 nitrogen and oxygen atoms in total. The molecule has 0 amide bonds. The van der Waals surface area contributed by atoms with E-state index in [1.165, 1.54) is 19.1 Å². The zero-order valence-corrected chi connectivity index (χ0v) is 12.4. The molecule has 2 aromatic rings. The lowest BCUT2D eigenvalue weighted by Crippen LogP contribution is -2.15. The number of rotatable bonds is 3. The van der Waals surface area contributed by atoms with E-state index in [1.807, 2.05) is 0 Å². The minimum atomic E-state index is -4.10. The van der Waals surface area contributed by atoms with Crippen molar-refractivity contribution in [1.82, 2.24) is 0 Å². The van der Waals surface area contributed by atoms with Gasteiger partial charge in [-0.3, -0.25) is 4.72 Å². The molecule has 2 aromatic carbocycles. The lowest BCUT2D eigenvalue weighted by atomic mass is 10.2. The maximum absolute atomic E-state index is 13.6. The highest BCUT2D eigenvalue weighted by atomic mass is 35.5. The van der Waals surface area contributed by atoms with Crippen molar-refractivity contribution in [3.8, 4) is 0 Å². The fourth-order valence-electron chi connectivity index (χ4n) is 1.72. The molecule has 3 N–H and O–H groups in total. The molecule has 21 heavy (non-hydrogen) atoms. The number of nitrogen functional groups attached to an aromatic ring is 1. The topological polar surface area (TPSA) is 72.2 Å². The highest BCUT2D eigenvalue weighted by Crippen LogP contribution is 2.25. The van der Waals surface area contributed by atoms with Crippen LogP contribution in [0.4, 0.5) is 20.2 Å². The van der Waals surface area contributed by atoms with E-state index in [-0.39, 0.29) is 26.9 Å². The van der Waals surface area contributed by atoms with Crippen LogP contribution < -0.4 is 10.5 Å². The maximum atomic E-state index is 13.6. The molecule has 0 aliphatic rings. The summed E-state index contributed by atoms with van der Waals surface area (Å²) in [7, 11) is -4.10. The highest BCUT2D eigenvalue weighted by molar-refractivity contribution is 7.92. The van der Waals surface area contributed by atoms with E-state index in [4.69, 9.17) is 17.3 Å². The third-order valence-corrected chi connectivity index (χ3v) is 4.59. The number of benzene rings is 2. The second-order valence-corrected chi connectivity index (χ2v) is 6.42. The molecule has 0 aliphatic carbocycles. The van der Waals surface area contributed by atoms with Crippen LogP contribution in [0.3, 0.4) is 0 Å². The summed E-state index contributed by atoms with van der Waals surface area (Å²) in [4.78, 5) is -0.310. The predicted molar refractivity (Wildman–Crippen MR) is 77.8 cm³/mol. The van der Waals surface area contributed by atoms with E-state index in [2.05, 4.69) is 4.72 Å². The van der Waals surface area contributed by atoms with Crippen LogP contribution >= 0.6 is 11.6 Å². The standard InChI is InChI=1S/C13H11ClF2N2O2S/c1-7-11(15)4-8(17)5-13(7)21(19,20)18-9-2-3-10(14)12(16)6-9/h2-6,18H,17H2,1H3. The monoisotopic (exact) mass is 332 g/mol. The van der Waals surface area contributed by atoms with Gasteiger partial charge in [0, 0.05) is 11.3 Å². The Labute approximate surface area is 125 Å². The van der Waals surface area contributed by atoms with E-state index in [9.17, 15) is 17.2 Å². The van der Waals surface area contributed by atoms with Gasteiger partial charge in [0.25, 0.3) is 10.0 Å². The Hall–Kier alpha value is -1.86. The molecule has 2 rings (SSSR count). The van der Waals surface area contributed by atoms with Crippen molar-refractivity contribution < 1.29 is 17.2 Å². The van der Waals surface area contributed by atoms with E-state index in [1.54, 1.807) is 0 Å². The van der Waals surface area contributed by atoms with Gasteiger partial charge in [-0.1, -0.05) is 11.6 Å². The van der Waals surface area contributed by atoms with Crippen molar-refractivity contribution in [2.45, 2.75) is 11.8 Å². The summed E-state index contributed by atoms with van der Waals surface area (Å²) in [6.07, 6.45) is 0. The highest BCUT2D eigenvalue weighted by Gasteiger charge is 2.20. The lowest BCUT2D eigenvalue weighted by molar-refractivity contribution is 0.591. The average Bonchev–Trinajstić information content (AvgIpc) is 2.37. The van der Waals surface area contributed by atoms with Crippen LogP contribution in [0.2, 0.25) is 5.02 Å². The van der Waals surface area contributed by atoms with Gasteiger partial charge < -0.3 is 5.73 Å². The Morgan fingerprint density at radius 3 is 2.43 bits per heavy atom. The van der Waals surface area contributed by atoms with Crippen molar-refractivity contribution >= 4 is 33.0 Å². The Morgan fingerprint density at radius 2 is 1.81 bits per heavy atom. The molecule has 0 fully saturated rings. The van der Waals surface area contributed by atoms with Crippen molar-refractivity contribution in [2.75, 3.05) is 10.5 Å². The van der Waals surface area contributed by atoms with Gasteiger partial charge in [0.15, 0.2) is 0 Å². The summed E-state index contributed by atoms with van der Waals surface area (Å²) in [5.41, 5.74) is 5.32. The molecule has 0 radical (unpaired) electrons. The smallest absolute Gasteiger partial charge is 0.262 e. The minimum absolute atomic E-state index is 0.0271. The van der Waals surface area contributed by atoms with E-state index < -0.39 is 21.7 Å². The van der Waals surface area contributed by atoms with Crippen LogP contribution in [-0.4, -0.2) is 8.42 Å². The van der Waals surface area contributed by atoms with Crippen molar-refractivity contribution in [2.24, 2.45) is 0 Å². The molecule has 0 aliphatic heterocycles. The van der Waals surface area contributed by atoms with Crippen LogP contribution in [0.15, 0.2) is 35.2 Å². The van der Waals surface area contributed by atoms with Gasteiger partial charge in [0.2, 0.25) is 0 Å². The summed E-state index contributed by atoms with van der Waals surface area (Å²) in [5, 5.41) is -0.135. The molecule has 0 spiro atoms. The van der Waals surface area contributed by atoms with Crippen LogP contribution in [0.25, 0.3) is 0 Å². The van der Waals surface area contributed by atoms with Crippen LogP contribution in [0.5, 0.6) is 0 Å². The summed E-state index contributed by atoms with van der Waals surface area (Å²) >= 11 is 5.52. The molecule has 0 atom stereocenters. The van der Waals surface area contributed by atoms with E-state index >= 15 is 0 Å². The first kappa shape index (κ1) is 15.5. The Bertz CT molecular complexity index is 810. The molecular weight excluding hydrogens is 322 g/mol. The van der Waals surface area contributed by atoms with E-state index in [0.29, 0.717) is 0 Å². The third-order valence-electron chi connectivity index (χ3n) is 2.78. The zero-order chi connectivity index (χ0) is 15.8. The van der Waals surface area contributed by atoms with Gasteiger partial charge in [-0.2, -0.15) is 0 Å². The second kappa shape index (κ2) is 5.50. The van der Waals surface area contributed by atoms with Gasteiger partial charge in [-0.15, -0.1) is 0 Å². The number of nitrogens with one attached hydrogen (secondary N) is 1. The number of nitrogens with two attached hydrogens (primary N) is 1. The van der Waals surface area contributed by atoms with Gasteiger partial charge >= 0.3 is 0 Å². The van der Waals surface area contributed by atoms with Gasteiger partial charge in [-0.25, -0.2) is 17.2 Å². The molecule has 0 saturated carbocycles. The normalized spacial score (nSPS) is 11.4. The van der Waals surface area contributed by atoms with Crippen molar-refractivity contribution in [3.05, 3.63) is 52.6 Å². The fraction of sp³-hybridized carbons (Fsp3) is 0.0769. The predicted octanol–water partition coefficient (Wildman–Crippen LogP) is 3.31. The van der Waals surface area contributed by atoms with Crippen LogP contribution in [0.1, 0.15) is 5.56 Å². The maximum Gasteiger partial charge on any atom is 0.262 e. The Kier molecular flexibility index (Phi) is 4.06. The summed E-state index contributed by atoms with van der Waals surface area (Å²) in [6.45, 7) is 1.31. The average molecular weight is 333 g/mol. The second-order valence-electron chi connectivity index (χ2n) is 4.36. The van der Waals surface area contributed by atoms with E-state index in [0.717, 1.165) is 18.2 Å². The quantitative estimate of drug-likeness (QED) is 0.847. The molecule has 0 bridgehead atoms. The first-order valence-electron chi connectivity index (χ1n) is 5.74. The molecule has 0 heterocycles. The van der Waals surface area contributed by atoms with Gasteiger partial charge in [-0.05, 0) is 37.3 Å². The molecule has 0 unspecified atom stereocenters. The van der Waals surface area contributed by atoms with Crippen molar-refractivity contribution in [1.29, 1.82) is 0 Å². The largest absolute Gasteiger partial charge is 0.399 e. The number of halogens is 3. The number of anilines is 2. The molecule has 0 saturated heterocycles. The lowest BCUT2D eigenvalue weighted by Gasteiger charge is -2.12.